The first-order chi connectivity index (χ1) is 11.8. The monoisotopic (exact) mass is 339 g/mol. The van der Waals surface area contributed by atoms with Crippen molar-refractivity contribution in [2.24, 2.45) is 0 Å². The Morgan fingerprint density at radius 1 is 1.00 bits per heavy atom. The van der Waals surface area contributed by atoms with Gasteiger partial charge in [-0.3, -0.25) is 4.79 Å². The van der Waals surface area contributed by atoms with Gasteiger partial charge in [0.15, 0.2) is 6.10 Å². The fourth-order valence-corrected chi connectivity index (χ4v) is 3.08. The van der Waals surface area contributed by atoms with Gasteiger partial charge in [0.1, 0.15) is 5.75 Å². The lowest BCUT2D eigenvalue weighted by Crippen LogP contribution is -2.38. The number of benzene rings is 2. The van der Waals surface area contributed by atoms with Crippen LogP contribution in [0.1, 0.15) is 54.1 Å². The summed E-state index contributed by atoms with van der Waals surface area (Å²) in [5.41, 5.74) is 5.83. The molecule has 134 valence electrons. The molecule has 0 saturated heterocycles. The van der Waals surface area contributed by atoms with Gasteiger partial charge in [0.2, 0.25) is 0 Å². The average Bonchev–Trinajstić information content (AvgIpc) is 2.55. The molecule has 0 fully saturated rings. The molecular formula is C22H29NO2. The highest BCUT2D eigenvalue weighted by Gasteiger charge is 2.20. The van der Waals surface area contributed by atoms with Crippen molar-refractivity contribution in [3.8, 4) is 5.75 Å². The average molecular weight is 339 g/mol. The summed E-state index contributed by atoms with van der Waals surface area (Å²) in [6.45, 7) is 12.1. The summed E-state index contributed by atoms with van der Waals surface area (Å²) in [6.07, 6.45) is 0.299. The van der Waals surface area contributed by atoms with Crippen molar-refractivity contribution in [1.82, 2.24) is 5.32 Å². The second-order valence-corrected chi connectivity index (χ2v) is 6.86. The molecule has 0 aliphatic carbocycles. The predicted molar refractivity (Wildman–Crippen MR) is 103 cm³/mol. The zero-order valence-electron chi connectivity index (χ0n) is 16.1. The summed E-state index contributed by atoms with van der Waals surface area (Å²) in [7, 11) is 0. The van der Waals surface area contributed by atoms with Gasteiger partial charge in [-0.1, -0.05) is 48.4 Å². The quantitative estimate of drug-likeness (QED) is 0.808. The van der Waals surface area contributed by atoms with Crippen LogP contribution >= 0.6 is 0 Å². The van der Waals surface area contributed by atoms with Crippen LogP contribution in [0.4, 0.5) is 0 Å². The van der Waals surface area contributed by atoms with Gasteiger partial charge in [0.05, 0.1) is 6.04 Å². The van der Waals surface area contributed by atoms with Gasteiger partial charge in [-0.2, -0.15) is 0 Å². The zero-order valence-corrected chi connectivity index (χ0v) is 16.1. The van der Waals surface area contributed by atoms with E-state index in [0.29, 0.717) is 0 Å². The molecule has 0 heterocycles. The number of carbonyl (C=O) groups is 1. The molecule has 1 N–H and O–H groups in total. The SMILES string of the molecule is CC[C@H](NC(=O)[C@H](C)Oc1ccc(C)cc1C)c1ccc(C)cc1C. The fourth-order valence-electron chi connectivity index (χ4n) is 3.08. The summed E-state index contributed by atoms with van der Waals surface area (Å²) in [5.74, 6) is 0.666. The predicted octanol–water partition coefficient (Wildman–Crippen LogP) is 4.96. The molecule has 2 atom stereocenters. The van der Waals surface area contributed by atoms with E-state index in [1.54, 1.807) is 6.92 Å². The van der Waals surface area contributed by atoms with Crippen molar-refractivity contribution in [3.05, 3.63) is 64.2 Å². The van der Waals surface area contributed by atoms with Crippen LogP contribution in [0.2, 0.25) is 0 Å². The lowest BCUT2D eigenvalue weighted by molar-refractivity contribution is -0.128. The first kappa shape index (κ1) is 19.0. The largest absolute Gasteiger partial charge is 0.481 e. The van der Waals surface area contributed by atoms with Crippen molar-refractivity contribution in [2.45, 2.75) is 60.1 Å². The summed E-state index contributed by atoms with van der Waals surface area (Å²) in [4.78, 5) is 12.6. The summed E-state index contributed by atoms with van der Waals surface area (Å²) < 4.78 is 5.88. The Morgan fingerprint density at radius 3 is 2.16 bits per heavy atom. The van der Waals surface area contributed by atoms with E-state index in [1.807, 2.05) is 26.0 Å². The number of nitrogens with one attached hydrogen (secondary N) is 1. The normalized spacial score (nSPS) is 13.2. The Labute approximate surface area is 151 Å². The summed E-state index contributed by atoms with van der Waals surface area (Å²) in [6, 6.07) is 12.3. The maximum Gasteiger partial charge on any atom is 0.261 e. The molecule has 2 aromatic rings. The van der Waals surface area contributed by atoms with Crippen molar-refractivity contribution < 1.29 is 9.53 Å². The van der Waals surface area contributed by atoms with Gasteiger partial charge in [-0.15, -0.1) is 0 Å². The Morgan fingerprint density at radius 2 is 1.60 bits per heavy atom. The lowest BCUT2D eigenvalue weighted by atomic mass is 9.97. The molecule has 0 unspecified atom stereocenters. The number of amides is 1. The minimum Gasteiger partial charge on any atom is -0.481 e. The van der Waals surface area contributed by atoms with Crippen molar-refractivity contribution in [3.63, 3.8) is 0 Å². The minimum absolute atomic E-state index is 0.00161. The molecule has 0 aliphatic heterocycles. The molecule has 3 heteroatoms. The molecular weight excluding hydrogens is 310 g/mol. The third-order valence-corrected chi connectivity index (χ3v) is 4.53. The van der Waals surface area contributed by atoms with Gasteiger partial charge in [0, 0.05) is 0 Å². The number of carbonyl (C=O) groups excluding carboxylic acids is 1. The maximum atomic E-state index is 12.6. The lowest BCUT2D eigenvalue weighted by Gasteiger charge is -2.23. The van der Waals surface area contributed by atoms with E-state index >= 15 is 0 Å². The highest BCUT2D eigenvalue weighted by Crippen LogP contribution is 2.23. The number of rotatable bonds is 6. The molecule has 2 aromatic carbocycles. The Hall–Kier alpha value is -2.29. The van der Waals surface area contributed by atoms with Crippen LogP contribution < -0.4 is 10.1 Å². The van der Waals surface area contributed by atoms with Gasteiger partial charge in [-0.25, -0.2) is 0 Å². The fraction of sp³-hybridized carbons (Fsp3) is 0.409. The standard InChI is InChI=1S/C22H29NO2/c1-7-20(19-10-8-14(2)12-16(19)4)23-22(24)18(6)25-21-11-9-15(3)13-17(21)5/h8-13,18,20H,7H2,1-6H3,(H,23,24)/t18-,20-/m0/s1. The zero-order chi connectivity index (χ0) is 18.6. The molecule has 0 spiro atoms. The van der Waals surface area contributed by atoms with E-state index in [0.717, 1.165) is 17.7 Å². The highest BCUT2D eigenvalue weighted by molar-refractivity contribution is 5.81. The third-order valence-electron chi connectivity index (χ3n) is 4.53. The van der Waals surface area contributed by atoms with Crippen LogP contribution in [0.5, 0.6) is 5.75 Å². The van der Waals surface area contributed by atoms with Crippen molar-refractivity contribution in [2.75, 3.05) is 0 Å². The van der Waals surface area contributed by atoms with Gasteiger partial charge in [-0.05, 0) is 63.8 Å². The molecule has 2 rings (SSSR count). The van der Waals surface area contributed by atoms with Gasteiger partial charge >= 0.3 is 0 Å². The van der Waals surface area contributed by atoms with Crippen LogP contribution in [0.15, 0.2) is 36.4 Å². The minimum atomic E-state index is -0.541. The highest BCUT2D eigenvalue weighted by atomic mass is 16.5. The van der Waals surface area contributed by atoms with E-state index in [2.05, 4.69) is 50.4 Å². The van der Waals surface area contributed by atoms with Crippen LogP contribution in [-0.4, -0.2) is 12.0 Å². The third kappa shape index (κ3) is 4.85. The van der Waals surface area contributed by atoms with E-state index in [-0.39, 0.29) is 11.9 Å². The second-order valence-electron chi connectivity index (χ2n) is 6.86. The van der Waals surface area contributed by atoms with Crippen molar-refractivity contribution in [1.29, 1.82) is 0 Å². The molecule has 0 aliphatic rings. The molecule has 3 nitrogen and oxygen atoms in total. The van der Waals surface area contributed by atoms with Crippen molar-refractivity contribution >= 4 is 5.91 Å². The van der Waals surface area contributed by atoms with Crippen LogP contribution in [0.25, 0.3) is 0 Å². The molecule has 0 radical (unpaired) electrons. The first-order valence-electron chi connectivity index (χ1n) is 8.93. The van der Waals surface area contributed by atoms with E-state index in [1.165, 1.54) is 22.3 Å². The van der Waals surface area contributed by atoms with Crippen LogP contribution in [0, 0.1) is 27.7 Å². The Kier molecular flexibility index (Phi) is 6.24. The maximum absolute atomic E-state index is 12.6. The number of aryl methyl sites for hydroxylation is 4. The molecule has 0 bridgehead atoms. The Balaban J connectivity index is 2.08. The second kappa shape index (κ2) is 8.19. The topological polar surface area (TPSA) is 38.3 Å². The number of hydrogen-bond donors (Lipinski definition) is 1. The van der Waals surface area contributed by atoms with E-state index in [4.69, 9.17) is 4.74 Å². The van der Waals surface area contributed by atoms with E-state index < -0.39 is 6.10 Å². The summed E-state index contributed by atoms with van der Waals surface area (Å²) >= 11 is 0. The molecule has 25 heavy (non-hydrogen) atoms. The van der Waals surface area contributed by atoms with Gasteiger partial charge < -0.3 is 10.1 Å². The van der Waals surface area contributed by atoms with Crippen LogP contribution in [-0.2, 0) is 4.79 Å². The Bertz CT molecular complexity index is 752. The van der Waals surface area contributed by atoms with Crippen LogP contribution in [0.3, 0.4) is 0 Å². The summed E-state index contributed by atoms with van der Waals surface area (Å²) in [5, 5.41) is 3.13. The number of ether oxygens (including phenoxy) is 1. The number of hydrogen-bond acceptors (Lipinski definition) is 2. The smallest absolute Gasteiger partial charge is 0.261 e. The molecule has 0 aromatic heterocycles. The van der Waals surface area contributed by atoms with Gasteiger partial charge in [0.25, 0.3) is 5.91 Å². The molecule has 1 amide bonds. The van der Waals surface area contributed by atoms with E-state index in [9.17, 15) is 4.79 Å². The first-order valence-corrected chi connectivity index (χ1v) is 8.93. The molecule has 0 saturated carbocycles.